The topological polar surface area (TPSA) is 66.5 Å². The fourth-order valence-corrected chi connectivity index (χ4v) is 3.18. The zero-order valence-corrected chi connectivity index (χ0v) is 14.4. The number of aromatic nitrogens is 4. The molecule has 0 saturated heterocycles. The third-order valence-electron chi connectivity index (χ3n) is 4.32. The van der Waals surface area contributed by atoms with Crippen LogP contribution in [0.5, 0.6) is 0 Å². The molecule has 1 aliphatic rings. The van der Waals surface area contributed by atoms with Crippen LogP contribution in [-0.2, 0) is 0 Å². The SMILES string of the molecule is CC.c1cnc2[nH]cc(-c3ccnc(NC4CCCCC4)n3)c2c1. The number of aromatic amines is 1. The Labute approximate surface area is 143 Å². The maximum atomic E-state index is 4.69. The second kappa shape index (κ2) is 7.90. The number of pyridine rings is 1. The van der Waals surface area contributed by atoms with Crippen molar-refractivity contribution in [2.24, 2.45) is 0 Å². The summed E-state index contributed by atoms with van der Waals surface area (Å²) in [5.41, 5.74) is 2.88. The molecule has 2 N–H and O–H groups in total. The number of hydrogen-bond acceptors (Lipinski definition) is 4. The van der Waals surface area contributed by atoms with Gasteiger partial charge in [0.2, 0.25) is 5.95 Å². The molecule has 0 amide bonds. The van der Waals surface area contributed by atoms with Gasteiger partial charge in [-0.2, -0.15) is 0 Å². The van der Waals surface area contributed by atoms with Crippen LogP contribution in [0.25, 0.3) is 22.3 Å². The van der Waals surface area contributed by atoms with Gasteiger partial charge in [-0.05, 0) is 31.0 Å². The highest BCUT2D eigenvalue weighted by molar-refractivity contribution is 5.92. The monoisotopic (exact) mass is 323 g/mol. The lowest BCUT2D eigenvalue weighted by Crippen LogP contribution is -2.23. The number of fused-ring (bicyclic) bond motifs is 1. The van der Waals surface area contributed by atoms with E-state index in [0.717, 1.165) is 28.2 Å². The summed E-state index contributed by atoms with van der Waals surface area (Å²) >= 11 is 0. The summed E-state index contributed by atoms with van der Waals surface area (Å²) in [6, 6.07) is 6.46. The normalized spacial score (nSPS) is 14.9. The summed E-state index contributed by atoms with van der Waals surface area (Å²) in [6.45, 7) is 4.00. The van der Waals surface area contributed by atoms with Gasteiger partial charge in [0.15, 0.2) is 0 Å². The minimum Gasteiger partial charge on any atom is -0.351 e. The Balaban J connectivity index is 0.000000815. The maximum absolute atomic E-state index is 4.69. The molecule has 0 spiro atoms. The van der Waals surface area contributed by atoms with E-state index in [9.17, 15) is 0 Å². The Morgan fingerprint density at radius 2 is 1.88 bits per heavy atom. The van der Waals surface area contributed by atoms with Gasteiger partial charge in [0.05, 0.1) is 5.69 Å². The summed E-state index contributed by atoms with van der Waals surface area (Å²) in [7, 11) is 0. The molecule has 0 aromatic carbocycles. The summed E-state index contributed by atoms with van der Waals surface area (Å²) in [6.07, 6.45) is 11.9. The predicted octanol–water partition coefficient (Wildman–Crippen LogP) is 4.79. The van der Waals surface area contributed by atoms with Crippen molar-refractivity contribution in [3.63, 3.8) is 0 Å². The molecule has 3 heterocycles. The first-order valence-electron chi connectivity index (χ1n) is 8.92. The highest BCUT2D eigenvalue weighted by atomic mass is 15.1. The third kappa shape index (κ3) is 3.55. The van der Waals surface area contributed by atoms with Crippen LogP contribution >= 0.6 is 0 Å². The van der Waals surface area contributed by atoms with Crippen LogP contribution in [0.2, 0.25) is 0 Å². The molecule has 126 valence electrons. The van der Waals surface area contributed by atoms with Crippen LogP contribution in [0.4, 0.5) is 5.95 Å². The first-order valence-corrected chi connectivity index (χ1v) is 8.92. The van der Waals surface area contributed by atoms with E-state index in [4.69, 9.17) is 0 Å². The molecule has 0 aliphatic heterocycles. The second-order valence-electron chi connectivity index (χ2n) is 5.85. The van der Waals surface area contributed by atoms with Crippen LogP contribution in [0.15, 0.2) is 36.8 Å². The van der Waals surface area contributed by atoms with Gasteiger partial charge < -0.3 is 10.3 Å². The maximum Gasteiger partial charge on any atom is 0.223 e. The third-order valence-corrected chi connectivity index (χ3v) is 4.32. The molecule has 3 aromatic heterocycles. The van der Waals surface area contributed by atoms with Gasteiger partial charge in [0.1, 0.15) is 5.65 Å². The quantitative estimate of drug-likeness (QED) is 0.727. The standard InChI is InChI=1S/C17H19N5.C2H6/c1-2-5-12(6-3-1)21-17-19-10-8-15(22-17)14-11-20-16-13(14)7-4-9-18-16;1-2/h4,7-12H,1-3,5-6H2,(H,18,20)(H,19,21,22);1-2H3. The number of hydrogen-bond donors (Lipinski definition) is 2. The van der Waals surface area contributed by atoms with Crippen LogP contribution in [0.3, 0.4) is 0 Å². The highest BCUT2D eigenvalue weighted by Crippen LogP contribution is 2.27. The van der Waals surface area contributed by atoms with Crippen molar-refractivity contribution in [3.05, 3.63) is 36.8 Å². The summed E-state index contributed by atoms with van der Waals surface area (Å²) in [4.78, 5) is 16.6. The van der Waals surface area contributed by atoms with Crippen molar-refractivity contribution in [1.82, 2.24) is 19.9 Å². The Kier molecular flexibility index (Phi) is 5.41. The van der Waals surface area contributed by atoms with Crippen LogP contribution in [0.1, 0.15) is 46.0 Å². The molecule has 3 aromatic rings. The Morgan fingerprint density at radius 3 is 2.71 bits per heavy atom. The van der Waals surface area contributed by atoms with Crippen LogP contribution < -0.4 is 5.32 Å². The van der Waals surface area contributed by atoms with Gasteiger partial charge in [-0.25, -0.2) is 15.0 Å². The first kappa shape index (κ1) is 16.4. The fourth-order valence-electron chi connectivity index (χ4n) is 3.18. The zero-order chi connectivity index (χ0) is 16.8. The van der Waals surface area contributed by atoms with E-state index in [1.54, 1.807) is 6.20 Å². The largest absolute Gasteiger partial charge is 0.351 e. The van der Waals surface area contributed by atoms with Gasteiger partial charge in [-0.3, -0.25) is 0 Å². The number of anilines is 1. The van der Waals surface area contributed by atoms with E-state index < -0.39 is 0 Å². The Bertz CT molecular complexity index is 774. The van der Waals surface area contributed by atoms with Gasteiger partial charge in [0.25, 0.3) is 0 Å². The molecule has 4 rings (SSSR count). The Hall–Kier alpha value is -2.43. The van der Waals surface area contributed by atoms with Crippen molar-refractivity contribution in [2.75, 3.05) is 5.32 Å². The summed E-state index contributed by atoms with van der Waals surface area (Å²) < 4.78 is 0. The lowest BCUT2D eigenvalue weighted by molar-refractivity contribution is 0.461. The van der Waals surface area contributed by atoms with Crippen molar-refractivity contribution in [3.8, 4) is 11.3 Å². The molecular formula is C19H25N5. The molecule has 5 nitrogen and oxygen atoms in total. The second-order valence-corrected chi connectivity index (χ2v) is 5.85. The average Bonchev–Trinajstić information content (AvgIpc) is 3.09. The molecular weight excluding hydrogens is 298 g/mol. The van der Waals surface area contributed by atoms with Crippen molar-refractivity contribution in [1.29, 1.82) is 0 Å². The van der Waals surface area contributed by atoms with Crippen molar-refractivity contribution in [2.45, 2.75) is 52.0 Å². The lowest BCUT2D eigenvalue weighted by Gasteiger charge is -2.22. The number of rotatable bonds is 3. The fraction of sp³-hybridized carbons (Fsp3) is 0.421. The minimum absolute atomic E-state index is 0.508. The number of nitrogens with one attached hydrogen (secondary N) is 2. The average molecular weight is 323 g/mol. The van der Waals surface area contributed by atoms with Crippen LogP contribution in [0, 0.1) is 0 Å². The molecule has 0 atom stereocenters. The van der Waals surface area contributed by atoms with E-state index in [1.165, 1.54) is 32.1 Å². The highest BCUT2D eigenvalue weighted by Gasteiger charge is 2.15. The Morgan fingerprint density at radius 1 is 1.04 bits per heavy atom. The molecule has 1 fully saturated rings. The van der Waals surface area contributed by atoms with Crippen LogP contribution in [-0.4, -0.2) is 26.0 Å². The molecule has 0 radical (unpaired) electrons. The molecule has 0 unspecified atom stereocenters. The molecule has 1 aliphatic carbocycles. The number of nitrogens with zero attached hydrogens (tertiary/aromatic N) is 3. The molecule has 1 saturated carbocycles. The van der Waals surface area contributed by atoms with Gasteiger partial charge in [-0.1, -0.05) is 33.1 Å². The van der Waals surface area contributed by atoms with E-state index in [1.807, 2.05) is 38.4 Å². The lowest BCUT2D eigenvalue weighted by atomic mass is 9.96. The minimum atomic E-state index is 0.508. The van der Waals surface area contributed by atoms with Gasteiger partial charge in [-0.15, -0.1) is 0 Å². The summed E-state index contributed by atoms with van der Waals surface area (Å²) in [5.74, 6) is 0.725. The summed E-state index contributed by atoms with van der Waals surface area (Å²) in [5, 5.41) is 4.57. The number of H-pyrrole nitrogens is 1. The molecule has 0 bridgehead atoms. The first-order chi connectivity index (χ1) is 11.9. The molecule has 24 heavy (non-hydrogen) atoms. The predicted molar refractivity (Wildman–Crippen MR) is 99.0 cm³/mol. The van der Waals surface area contributed by atoms with E-state index in [0.29, 0.717) is 6.04 Å². The van der Waals surface area contributed by atoms with E-state index in [-0.39, 0.29) is 0 Å². The molecule has 5 heteroatoms. The van der Waals surface area contributed by atoms with Gasteiger partial charge >= 0.3 is 0 Å². The van der Waals surface area contributed by atoms with E-state index >= 15 is 0 Å². The smallest absolute Gasteiger partial charge is 0.223 e. The van der Waals surface area contributed by atoms with Crippen molar-refractivity contribution >= 4 is 17.0 Å². The van der Waals surface area contributed by atoms with E-state index in [2.05, 4.69) is 31.3 Å². The van der Waals surface area contributed by atoms with Gasteiger partial charge in [0, 0.05) is 35.6 Å². The van der Waals surface area contributed by atoms with Crippen molar-refractivity contribution < 1.29 is 0 Å². The zero-order valence-electron chi connectivity index (χ0n) is 14.4.